The zero-order valence-electron chi connectivity index (χ0n) is 13.9. The third-order valence-corrected chi connectivity index (χ3v) is 5.15. The largest absolute Gasteiger partial charge is 0.434 e. The van der Waals surface area contributed by atoms with Crippen molar-refractivity contribution in [3.63, 3.8) is 0 Å². The summed E-state index contributed by atoms with van der Waals surface area (Å²) >= 11 is 0.851. The second kappa shape index (κ2) is 6.97. The first-order valence-corrected chi connectivity index (χ1v) is 9.07. The van der Waals surface area contributed by atoms with Crippen molar-refractivity contribution in [2.24, 2.45) is 0 Å². The molecule has 3 aromatic heterocycles. The minimum atomic E-state index is -4.54. The van der Waals surface area contributed by atoms with Crippen LogP contribution in [0.2, 0.25) is 0 Å². The maximum absolute atomic E-state index is 13.1. The monoisotopic (exact) mass is 396 g/mol. The van der Waals surface area contributed by atoms with Crippen LogP contribution in [0.4, 0.5) is 19.1 Å². The molecule has 0 aromatic carbocycles. The molecule has 0 atom stereocenters. The van der Waals surface area contributed by atoms with E-state index in [1.807, 2.05) is 4.90 Å². The summed E-state index contributed by atoms with van der Waals surface area (Å²) in [6.07, 6.45) is -1.03. The standard InChI is InChI=1S/C16H15F3N6OS/c17-16(18,19)12-10(2-1-5-20-12)27-11-8-21-13-14(22-11)24-15(23-13)25-6-3-9(26)4-7-25/h1-2,5,8-9,26H,3-4,6-7H2,(H,21,22,23,24). The molecule has 0 saturated carbocycles. The summed E-state index contributed by atoms with van der Waals surface area (Å²) in [4.78, 5) is 21.4. The van der Waals surface area contributed by atoms with E-state index in [9.17, 15) is 18.3 Å². The van der Waals surface area contributed by atoms with Crippen molar-refractivity contribution in [1.29, 1.82) is 0 Å². The van der Waals surface area contributed by atoms with Gasteiger partial charge in [-0.1, -0.05) is 11.8 Å². The van der Waals surface area contributed by atoms with E-state index in [1.165, 1.54) is 18.3 Å². The fourth-order valence-corrected chi connectivity index (χ4v) is 3.72. The van der Waals surface area contributed by atoms with Gasteiger partial charge in [-0.2, -0.15) is 18.2 Å². The molecule has 1 aliphatic rings. The van der Waals surface area contributed by atoms with E-state index in [1.54, 1.807) is 0 Å². The fraction of sp³-hybridized carbons (Fsp3) is 0.375. The van der Waals surface area contributed by atoms with E-state index in [0.29, 0.717) is 48.2 Å². The Kier molecular flexibility index (Phi) is 4.64. The van der Waals surface area contributed by atoms with Gasteiger partial charge >= 0.3 is 6.18 Å². The SMILES string of the molecule is OC1CCN(c2nc3ncc(Sc4cccnc4C(F)(F)F)nc3[nH]2)CC1. The summed E-state index contributed by atoms with van der Waals surface area (Å²) < 4.78 is 39.3. The summed E-state index contributed by atoms with van der Waals surface area (Å²) in [7, 11) is 0. The lowest BCUT2D eigenvalue weighted by molar-refractivity contribution is -0.143. The fourth-order valence-electron chi connectivity index (χ4n) is 2.84. The Hall–Kier alpha value is -2.40. The van der Waals surface area contributed by atoms with Gasteiger partial charge in [-0.25, -0.2) is 9.97 Å². The highest BCUT2D eigenvalue weighted by Gasteiger charge is 2.35. The molecular weight excluding hydrogens is 381 g/mol. The average Bonchev–Trinajstić information content (AvgIpc) is 3.05. The minimum Gasteiger partial charge on any atom is -0.393 e. The quantitative estimate of drug-likeness (QED) is 0.703. The van der Waals surface area contributed by atoms with E-state index in [4.69, 9.17) is 0 Å². The third-order valence-electron chi connectivity index (χ3n) is 4.19. The molecule has 1 fully saturated rings. The van der Waals surface area contributed by atoms with Crippen LogP contribution in [-0.2, 0) is 6.18 Å². The van der Waals surface area contributed by atoms with Gasteiger partial charge in [-0.3, -0.25) is 4.98 Å². The first-order chi connectivity index (χ1) is 12.9. The van der Waals surface area contributed by atoms with Crippen molar-refractivity contribution in [3.8, 4) is 0 Å². The van der Waals surface area contributed by atoms with Crippen molar-refractivity contribution in [2.75, 3.05) is 18.0 Å². The predicted molar refractivity (Wildman–Crippen MR) is 92.5 cm³/mol. The number of alkyl halides is 3. The topological polar surface area (TPSA) is 90.8 Å². The molecule has 7 nitrogen and oxygen atoms in total. The van der Waals surface area contributed by atoms with E-state index >= 15 is 0 Å². The Bertz CT molecular complexity index is 955. The molecule has 0 unspecified atom stereocenters. The molecule has 0 aliphatic carbocycles. The van der Waals surface area contributed by atoms with Crippen LogP contribution in [0.1, 0.15) is 18.5 Å². The maximum atomic E-state index is 13.1. The van der Waals surface area contributed by atoms with Crippen molar-refractivity contribution in [1.82, 2.24) is 24.9 Å². The van der Waals surface area contributed by atoms with Gasteiger partial charge in [0.2, 0.25) is 5.95 Å². The Morgan fingerprint density at radius 3 is 2.70 bits per heavy atom. The second-order valence-corrected chi connectivity index (χ2v) is 7.17. The molecular formula is C16H15F3N6OS. The van der Waals surface area contributed by atoms with Crippen molar-refractivity contribution < 1.29 is 18.3 Å². The number of pyridine rings is 1. The van der Waals surface area contributed by atoms with E-state index in [0.717, 1.165) is 18.0 Å². The Morgan fingerprint density at radius 1 is 1.19 bits per heavy atom. The molecule has 142 valence electrons. The van der Waals surface area contributed by atoms with Crippen LogP contribution in [0.15, 0.2) is 34.4 Å². The number of piperidine rings is 1. The number of rotatable bonds is 3. The number of H-pyrrole nitrogens is 1. The first kappa shape index (κ1) is 18.0. The summed E-state index contributed by atoms with van der Waals surface area (Å²) in [6.45, 7) is 1.32. The molecule has 4 rings (SSSR count). The van der Waals surface area contributed by atoms with Gasteiger partial charge in [-0.05, 0) is 25.0 Å². The number of nitrogens with one attached hydrogen (secondary N) is 1. The summed E-state index contributed by atoms with van der Waals surface area (Å²) in [6, 6.07) is 2.80. The smallest absolute Gasteiger partial charge is 0.393 e. The second-order valence-electron chi connectivity index (χ2n) is 6.11. The van der Waals surface area contributed by atoms with Crippen LogP contribution in [0.5, 0.6) is 0 Å². The number of aromatic amines is 1. The lowest BCUT2D eigenvalue weighted by atomic mass is 10.1. The molecule has 0 amide bonds. The highest BCUT2D eigenvalue weighted by molar-refractivity contribution is 7.99. The van der Waals surface area contributed by atoms with Crippen LogP contribution >= 0.6 is 11.8 Å². The number of hydrogen-bond acceptors (Lipinski definition) is 7. The Labute approximate surface area is 156 Å². The molecule has 11 heteroatoms. The lowest BCUT2D eigenvalue weighted by Gasteiger charge is -2.28. The maximum Gasteiger partial charge on any atom is 0.434 e. The lowest BCUT2D eigenvalue weighted by Crippen LogP contribution is -2.36. The number of fused-ring (bicyclic) bond motifs is 1. The number of hydrogen-bond donors (Lipinski definition) is 2. The molecule has 0 radical (unpaired) electrons. The Balaban J connectivity index is 1.59. The van der Waals surface area contributed by atoms with Gasteiger partial charge in [-0.15, -0.1) is 0 Å². The van der Waals surface area contributed by atoms with Gasteiger partial charge in [0.05, 0.1) is 12.3 Å². The van der Waals surface area contributed by atoms with E-state index < -0.39 is 11.9 Å². The molecule has 2 N–H and O–H groups in total. The van der Waals surface area contributed by atoms with Gasteiger partial charge in [0.15, 0.2) is 17.0 Å². The van der Waals surface area contributed by atoms with Gasteiger partial charge < -0.3 is 15.0 Å². The molecule has 1 aliphatic heterocycles. The molecule has 3 aromatic rings. The molecule has 27 heavy (non-hydrogen) atoms. The Morgan fingerprint density at radius 2 is 1.96 bits per heavy atom. The van der Waals surface area contributed by atoms with Crippen LogP contribution in [-0.4, -0.2) is 49.2 Å². The van der Waals surface area contributed by atoms with E-state index in [2.05, 4.69) is 24.9 Å². The van der Waals surface area contributed by atoms with Crippen LogP contribution in [0.3, 0.4) is 0 Å². The van der Waals surface area contributed by atoms with Gasteiger partial charge in [0.25, 0.3) is 0 Å². The minimum absolute atomic E-state index is 0.0385. The number of aliphatic hydroxyl groups is 1. The highest BCUT2D eigenvalue weighted by atomic mass is 32.2. The number of anilines is 1. The number of aromatic nitrogens is 5. The zero-order valence-corrected chi connectivity index (χ0v) is 14.8. The number of aliphatic hydroxyl groups excluding tert-OH is 1. The van der Waals surface area contributed by atoms with Crippen LogP contribution in [0, 0.1) is 0 Å². The predicted octanol–water partition coefficient (Wildman–Crippen LogP) is 2.88. The normalized spacial score (nSPS) is 16.2. The van der Waals surface area contributed by atoms with Crippen LogP contribution in [0.25, 0.3) is 11.3 Å². The van der Waals surface area contributed by atoms with Crippen LogP contribution < -0.4 is 4.90 Å². The number of halogens is 3. The molecule has 0 bridgehead atoms. The summed E-state index contributed by atoms with van der Waals surface area (Å²) in [5.41, 5.74) is -0.157. The van der Waals surface area contributed by atoms with Gasteiger partial charge in [0, 0.05) is 24.2 Å². The zero-order chi connectivity index (χ0) is 19.0. The van der Waals surface area contributed by atoms with Gasteiger partial charge in [0.1, 0.15) is 5.03 Å². The highest BCUT2D eigenvalue weighted by Crippen LogP contribution is 2.37. The van der Waals surface area contributed by atoms with Crippen molar-refractivity contribution in [2.45, 2.75) is 35.0 Å². The summed E-state index contributed by atoms with van der Waals surface area (Å²) in [5.74, 6) is 0.594. The summed E-state index contributed by atoms with van der Waals surface area (Å²) in [5, 5.41) is 9.91. The van der Waals surface area contributed by atoms with Crippen molar-refractivity contribution >= 4 is 29.0 Å². The molecule has 4 heterocycles. The number of imidazole rings is 1. The molecule has 0 spiro atoms. The third kappa shape index (κ3) is 3.83. The average molecular weight is 396 g/mol. The number of nitrogens with zero attached hydrogens (tertiary/aromatic N) is 5. The van der Waals surface area contributed by atoms with Crippen molar-refractivity contribution in [3.05, 3.63) is 30.2 Å². The van der Waals surface area contributed by atoms with E-state index in [-0.39, 0.29) is 11.0 Å². The first-order valence-electron chi connectivity index (χ1n) is 8.26. The molecule has 1 saturated heterocycles.